The lowest BCUT2D eigenvalue weighted by atomic mass is 9.76. The molecule has 2 rings (SSSR count). The van der Waals surface area contributed by atoms with Crippen molar-refractivity contribution >= 4 is 15.8 Å². The third-order valence-electron chi connectivity index (χ3n) is 6.38. The molecule has 0 amide bonds. The molecular weight excluding hydrogens is 422 g/mol. The maximum atomic E-state index is 2.52. The Hall–Kier alpha value is 0.860. The topological polar surface area (TPSA) is 0 Å². The number of hydrogen-bond acceptors (Lipinski definition) is 0. The molecule has 180 valence electrons. The van der Waals surface area contributed by atoms with Crippen LogP contribution in [0.4, 0.5) is 0 Å². The molecule has 10 radical (unpaired) electrons. The highest BCUT2D eigenvalue weighted by Crippen LogP contribution is 2.61. The van der Waals surface area contributed by atoms with Crippen LogP contribution in [0.1, 0.15) is 69.2 Å². The van der Waals surface area contributed by atoms with Crippen LogP contribution in [-0.4, -0.2) is 36.0 Å². The SMILES string of the molecule is CC(C)CP(CC(C)C)[C@H](C)[C]1[CH][CH][CH][C]1[C]1[CH][CH][CH][C]1[C@@H](C)P(CC(C)C)CC(C)C. The first kappa shape index (κ1) is 29.1. The van der Waals surface area contributed by atoms with E-state index in [1.165, 1.54) is 36.5 Å². The second-order valence-corrected chi connectivity index (χ2v) is 17.0. The van der Waals surface area contributed by atoms with Crippen molar-refractivity contribution in [1.82, 2.24) is 0 Å². The summed E-state index contributed by atoms with van der Waals surface area (Å²) in [5.74, 6) is 9.39. The summed E-state index contributed by atoms with van der Waals surface area (Å²) in [5.41, 5.74) is 1.34. The lowest BCUT2D eigenvalue weighted by Gasteiger charge is -2.40. The van der Waals surface area contributed by atoms with Gasteiger partial charge in [-0.15, -0.1) is 15.8 Å². The molecule has 0 spiro atoms. The van der Waals surface area contributed by atoms with E-state index in [-0.39, 0.29) is 15.8 Å². The smallest absolute Gasteiger partial charge is 0.00502 e. The molecule has 2 fully saturated rings. The fourth-order valence-electron chi connectivity index (χ4n) is 5.14. The minimum absolute atomic E-state index is 0.000251. The second-order valence-electron chi connectivity index (χ2n) is 11.6. The van der Waals surface area contributed by atoms with Crippen molar-refractivity contribution in [2.24, 2.45) is 23.7 Å². The van der Waals surface area contributed by atoms with E-state index in [0.717, 1.165) is 23.7 Å². The van der Waals surface area contributed by atoms with Gasteiger partial charge in [0.2, 0.25) is 0 Å². The van der Waals surface area contributed by atoms with Crippen LogP contribution >= 0.6 is 15.8 Å². The Morgan fingerprint density at radius 3 is 1.00 bits per heavy atom. The molecule has 2 aliphatic carbocycles. The molecule has 0 aromatic heterocycles. The Morgan fingerprint density at radius 2 is 0.750 bits per heavy atom. The molecule has 32 heavy (non-hydrogen) atoms. The predicted molar refractivity (Wildman–Crippen MR) is 150 cm³/mol. The highest BCUT2D eigenvalue weighted by molar-refractivity contribution is 7.59. The zero-order valence-electron chi connectivity index (χ0n) is 22.7. The lowest BCUT2D eigenvalue weighted by Crippen LogP contribution is -2.29. The Labute approximate surface area is 206 Å². The molecule has 2 heteroatoms. The van der Waals surface area contributed by atoms with Crippen molar-refractivity contribution in [3.8, 4) is 0 Å². The van der Waals surface area contributed by atoms with E-state index in [1.54, 1.807) is 11.8 Å². The summed E-state index contributed by atoms with van der Waals surface area (Å²) >= 11 is 0. The largest absolute Gasteiger partial charge is 0.103 e. The first-order valence-corrected chi connectivity index (χ1v) is 16.6. The fraction of sp³-hybridized carbons (Fsp3) is 0.667. The van der Waals surface area contributed by atoms with Crippen LogP contribution in [0.3, 0.4) is 0 Å². The summed E-state index contributed by atoms with van der Waals surface area (Å²) in [5, 5.41) is 0. The minimum Gasteiger partial charge on any atom is -0.103 e. The third-order valence-corrected chi connectivity index (χ3v) is 13.9. The van der Waals surface area contributed by atoms with E-state index in [1.807, 2.05) is 0 Å². The Balaban J connectivity index is 2.16. The van der Waals surface area contributed by atoms with Gasteiger partial charge < -0.3 is 0 Å². The third kappa shape index (κ3) is 8.51. The average Bonchev–Trinajstić information content (AvgIpc) is 3.33. The predicted octanol–water partition coefficient (Wildman–Crippen LogP) is 8.90. The van der Waals surface area contributed by atoms with Crippen molar-refractivity contribution in [3.63, 3.8) is 0 Å². The molecule has 0 bridgehead atoms. The van der Waals surface area contributed by atoms with E-state index in [2.05, 4.69) is 108 Å². The van der Waals surface area contributed by atoms with Crippen LogP contribution in [0.25, 0.3) is 0 Å². The zero-order chi connectivity index (χ0) is 24.0. The zero-order valence-corrected chi connectivity index (χ0v) is 24.4. The molecule has 2 saturated carbocycles. The van der Waals surface area contributed by atoms with Gasteiger partial charge in [-0.3, -0.25) is 0 Å². The summed E-state index contributed by atoms with van der Waals surface area (Å²) < 4.78 is 0. The molecule has 0 heterocycles. The molecule has 2 atom stereocenters. The molecule has 0 aromatic carbocycles. The first-order chi connectivity index (χ1) is 15.0. The summed E-state index contributed by atoms with van der Waals surface area (Å²) in [7, 11) is -0.000503. The summed E-state index contributed by atoms with van der Waals surface area (Å²) in [6.07, 6.45) is 19.8. The number of hydrogen-bond donors (Lipinski definition) is 0. The van der Waals surface area contributed by atoms with E-state index in [0.29, 0.717) is 11.3 Å². The van der Waals surface area contributed by atoms with Gasteiger partial charge in [0.05, 0.1) is 0 Å². The Kier molecular flexibility index (Phi) is 12.6. The van der Waals surface area contributed by atoms with E-state index < -0.39 is 0 Å². The Bertz CT molecular complexity index is 445. The molecule has 0 N–H and O–H groups in total. The van der Waals surface area contributed by atoms with E-state index in [9.17, 15) is 0 Å². The van der Waals surface area contributed by atoms with Gasteiger partial charge in [0.1, 0.15) is 0 Å². The minimum atomic E-state index is -0.000251. The summed E-state index contributed by atoms with van der Waals surface area (Å²) in [4.78, 5) is 0. The highest BCUT2D eigenvalue weighted by atomic mass is 31.1. The fourth-order valence-corrected chi connectivity index (χ4v) is 11.7. The van der Waals surface area contributed by atoms with Gasteiger partial charge in [-0.05, 0) is 122 Å². The molecule has 2 aliphatic rings. The molecule has 0 saturated heterocycles. The first-order valence-electron chi connectivity index (χ1n) is 13.0. The van der Waals surface area contributed by atoms with Gasteiger partial charge in [0.25, 0.3) is 0 Å². The second kappa shape index (κ2) is 13.8. The molecule has 0 unspecified atom stereocenters. The van der Waals surface area contributed by atoms with E-state index in [4.69, 9.17) is 0 Å². The highest BCUT2D eigenvalue weighted by Gasteiger charge is 2.47. The van der Waals surface area contributed by atoms with Crippen molar-refractivity contribution in [2.75, 3.05) is 24.6 Å². The maximum Gasteiger partial charge on any atom is -0.00502 e. The molecule has 0 nitrogen and oxygen atoms in total. The summed E-state index contributed by atoms with van der Waals surface area (Å²) in [6.45, 7) is 24.2. The Morgan fingerprint density at radius 1 is 0.469 bits per heavy atom. The van der Waals surface area contributed by atoms with Crippen LogP contribution < -0.4 is 0 Å². The lowest BCUT2D eigenvalue weighted by molar-refractivity contribution is 0.706. The van der Waals surface area contributed by atoms with Crippen LogP contribution in [-0.2, 0) is 0 Å². The van der Waals surface area contributed by atoms with Gasteiger partial charge >= 0.3 is 0 Å². The number of rotatable bonds is 13. The standard InChI is InChI=1S/C30H50P2/c1-21(2)17-31(18-22(3)4)25(9)27-13-11-15-29(27)30-16-12-14-28(30)26(10)32(19-23(5)6)20-24(7)8/h11-16,21-26H,17-20H2,1-10H3/t25-,26-/m1/s1. The molecule has 0 aromatic rings. The van der Waals surface area contributed by atoms with Crippen LogP contribution in [0.2, 0.25) is 0 Å². The van der Waals surface area contributed by atoms with Gasteiger partial charge in [0.15, 0.2) is 0 Å². The maximum absolute atomic E-state index is 2.52. The van der Waals surface area contributed by atoms with Crippen molar-refractivity contribution in [1.29, 1.82) is 0 Å². The average molecular weight is 473 g/mol. The van der Waals surface area contributed by atoms with Crippen molar-refractivity contribution in [3.05, 3.63) is 62.2 Å². The van der Waals surface area contributed by atoms with Crippen LogP contribution in [0.5, 0.6) is 0 Å². The van der Waals surface area contributed by atoms with Crippen molar-refractivity contribution in [2.45, 2.75) is 80.6 Å². The van der Waals surface area contributed by atoms with Gasteiger partial charge in [0, 0.05) is 0 Å². The monoisotopic (exact) mass is 472 g/mol. The normalized spacial score (nSPS) is 22.1. The molecular formula is C30H50P2. The summed E-state index contributed by atoms with van der Waals surface area (Å²) in [6, 6.07) is 0. The molecule has 0 aliphatic heterocycles. The van der Waals surface area contributed by atoms with Crippen molar-refractivity contribution < 1.29 is 0 Å². The van der Waals surface area contributed by atoms with Gasteiger partial charge in [-0.2, -0.15) is 0 Å². The van der Waals surface area contributed by atoms with Crippen LogP contribution in [0, 0.1) is 85.9 Å². The van der Waals surface area contributed by atoms with E-state index >= 15 is 0 Å². The van der Waals surface area contributed by atoms with Gasteiger partial charge in [-0.25, -0.2) is 0 Å². The quantitative estimate of drug-likeness (QED) is 0.235. The van der Waals surface area contributed by atoms with Gasteiger partial charge in [-0.1, -0.05) is 69.2 Å². The van der Waals surface area contributed by atoms with Crippen LogP contribution in [0.15, 0.2) is 0 Å².